The number of piperidine rings is 1. The molecule has 0 spiro atoms. The summed E-state index contributed by atoms with van der Waals surface area (Å²) in [6, 6.07) is 17.1. The van der Waals surface area contributed by atoms with Gasteiger partial charge in [0.2, 0.25) is 0 Å². The van der Waals surface area contributed by atoms with Gasteiger partial charge in [-0.1, -0.05) is 42.5 Å². The molecule has 3 rings (SSSR count). The van der Waals surface area contributed by atoms with Gasteiger partial charge in [0, 0.05) is 13.1 Å². The lowest BCUT2D eigenvalue weighted by Crippen LogP contribution is -2.48. The molecule has 144 valence electrons. The Kier molecular flexibility index (Phi) is 5.73. The Morgan fingerprint density at radius 3 is 2.33 bits per heavy atom. The SMILES string of the molecule is C[C@H](Oc1ccc(-c2ccccc2)cc1)C(=O)N1CCC[C@H](C(F)(F)F)C1. The summed E-state index contributed by atoms with van der Waals surface area (Å²) in [5.74, 6) is -1.34. The molecule has 27 heavy (non-hydrogen) atoms. The maximum Gasteiger partial charge on any atom is 0.393 e. The Labute approximate surface area is 156 Å². The minimum absolute atomic E-state index is 0.0729. The van der Waals surface area contributed by atoms with Crippen molar-refractivity contribution in [3.05, 3.63) is 54.6 Å². The first kappa shape index (κ1) is 19.3. The van der Waals surface area contributed by atoms with Gasteiger partial charge in [-0.25, -0.2) is 0 Å². The highest BCUT2D eigenvalue weighted by Crippen LogP contribution is 2.33. The highest BCUT2D eigenvalue weighted by Gasteiger charge is 2.43. The Bertz CT molecular complexity index is 759. The molecule has 0 radical (unpaired) electrons. The van der Waals surface area contributed by atoms with Gasteiger partial charge in [0.1, 0.15) is 5.75 Å². The van der Waals surface area contributed by atoms with Gasteiger partial charge in [-0.05, 0) is 43.0 Å². The summed E-state index contributed by atoms with van der Waals surface area (Å²) in [6.07, 6.45) is -4.67. The second-order valence-electron chi connectivity index (χ2n) is 6.82. The maximum atomic E-state index is 12.9. The van der Waals surface area contributed by atoms with Crippen LogP contribution in [0.4, 0.5) is 13.2 Å². The smallest absolute Gasteiger partial charge is 0.393 e. The van der Waals surface area contributed by atoms with E-state index in [1.165, 1.54) is 4.90 Å². The van der Waals surface area contributed by atoms with Gasteiger partial charge in [-0.3, -0.25) is 4.79 Å². The predicted octanol–water partition coefficient (Wildman–Crippen LogP) is 4.92. The Balaban J connectivity index is 1.61. The summed E-state index contributed by atoms with van der Waals surface area (Å²) in [7, 11) is 0. The molecule has 0 bridgehead atoms. The third-order valence-corrected chi connectivity index (χ3v) is 4.82. The molecule has 0 unspecified atom stereocenters. The third-order valence-electron chi connectivity index (χ3n) is 4.82. The molecule has 1 amide bonds. The summed E-state index contributed by atoms with van der Waals surface area (Å²) >= 11 is 0. The van der Waals surface area contributed by atoms with E-state index in [0.29, 0.717) is 18.7 Å². The van der Waals surface area contributed by atoms with E-state index in [1.54, 1.807) is 19.1 Å². The van der Waals surface area contributed by atoms with Crippen molar-refractivity contribution in [3.8, 4) is 16.9 Å². The molecule has 0 aromatic heterocycles. The van der Waals surface area contributed by atoms with Crippen LogP contribution in [-0.4, -0.2) is 36.2 Å². The van der Waals surface area contributed by atoms with E-state index >= 15 is 0 Å². The van der Waals surface area contributed by atoms with Crippen LogP contribution in [0.5, 0.6) is 5.75 Å². The van der Waals surface area contributed by atoms with Gasteiger partial charge in [-0.15, -0.1) is 0 Å². The topological polar surface area (TPSA) is 29.5 Å². The lowest BCUT2D eigenvalue weighted by Gasteiger charge is -2.35. The van der Waals surface area contributed by atoms with Crippen molar-refractivity contribution in [1.29, 1.82) is 0 Å². The average molecular weight is 377 g/mol. The van der Waals surface area contributed by atoms with Crippen molar-refractivity contribution < 1.29 is 22.7 Å². The van der Waals surface area contributed by atoms with E-state index in [1.807, 2.05) is 42.5 Å². The molecular formula is C21H22F3NO2. The molecule has 1 saturated heterocycles. The lowest BCUT2D eigenvalue weighted by atomic mass is 9.97. The standard InChI is InChI=1S/C21H22F3NO2/c1-15(20(26)25-13-5-8-18(14-25)21(22,23)24)27-19-11-9-17(10-12-19)16-6-3-2-4-7-16/h2-4,6-7,9-12,15,18H,5,8,13-14H2,1H3/t15-,18-/m0/s1. The second-order valence-corrected chi connectivity index (χ2v) is 6.82. The van der Waals surface area contributed by atoms with Crippen LogP contribution in [0.1, 0.15) is 19.8 Å². The number of benzene rings is 2. The Morgan fingerprint density at radius 2 is 1.70 bits per heavy atom. The van der Waals surface area contributed by atoms with E-state index in [-0.39, 0.29) is 13.0 Å². The van der Waals surface area contributed by atoms with Crippen molar-refractivity contribution in [2.24, 2.45) is 5.92 Å². The zero-order chi connectivity index (χ0) is 19.4. The molecule has 1 fully saturated rings. The molecule has 0 aliphatic carbocycles. The van der Waals surface area contributed by atoms with Gasteiger partial charge >= 0.3 is 6.18 Å². The van der Waals surface area contributed by atoms with Crippen molar-refractivity contribution in [1.82, 2.24) is 4.90 Å². The van der Waals surface area contributed by atoms with Gasteiger partial charge in [0.05, 0.1) is 5.92 Å². The Hall–Kier alpha value is -2.50. The van der Waals surface area contributed by atoms with Crippen molar-refractivity contribution in [3.63, 3.8) is 0 Å². The number of carbonyl (C=O) groups excluding carboxylic acids is 1. The molecule has 6 heteroatoms. The van der Waals surface area contributed by atoms with Crippen molar-refractivity contribution >= 4 is 5.91 Å². The highest BCUT2D eigenvalue weighted by molar-refractivity contribution is 5.81. The molecule has 1 aliphatic rings. The first-order valence-corrected chi connectivity index (χ1v) is 9.02. The highest BCUT2D eigenvalue weighted by atomic mass is 19.4. The van der Waals surface area contributed by atoms with E-state index in [9.17, 15) is 18.0 Å². The number of nitrogens with zero attached hydrogens (tertiary/aromatic N) is 1. The largest absolute Gasteiger partial charge is 0.481 e. The number of likely N-dealkylation sites (tertiary alicyclic amines) is 1. The number of ether oxygens (including phenoxy) is 1. The minimum Gasteiger partial charge on any atom is -0.481 e. The third kappa shape index (κ3) is 4.81. The summed E-state index contributed by atoms with van der Waals surface area (Å²) in [5.41, 5.74) is 2.09. The monoisotopic (exact) mass is 377 g/mol. The first-order valence-electron chi connectivity index (χ1n) is 9.02. The van der Waals surface area contributed by atoms with Crippen LogP contribution in [0.15, 0.2) is 54.6 Å². The van der Waals surface area contributed by atoms with Gasteiger partial charge in [-0.2, -0.15) is 13.2 Å². The van der Waals surface area contributed by atoms with Crippen molar-refractivity contribution in [2.75, 3.05) is 13.1 Å². The maximum absolute atomic E-state index is 12.9. The summed E-state index contributed by atoms with van der Waals surface area (Å²) in [5, 5.41) is 0. The van der Waals surface area contributed by atoms with E-state index in [4.69, 9.17) is 4.74 Å². The fraction of sp³-hybridized carbons (Fsp3) is 0.381. The molecule has 0 saturated carbocycles. The normalized spacial score (nSPS) is 18.8. The van der Waals surface area contributed by atoms with Crippen LogP contribution in [0.3, 0.4) is 0 Å². The fourth-order valence-corrected chi connectivity index (χ4v) is 3.31. The van der Waals surface area contributed by atoms with Crippen molar-refractivity contribution in [2.45, 2.75) is 32.0 Å². The van der Waals surface area contributed by atoms with Crippen LogP contribution in [-0.2, 0) is 4.79 Å². The number of hydrogen-bond donors (Lipinski definition) is 0. The van der Waals surface area contributed by atoms with E-state index in [0.717, 1.165) is 11.1 Å². The van der Waals surface area contributed by atoms with E-state index in [2.05, 4.69) is 0 Å². The van der Waals surface area contributed by atoms with Crippen LogP contribution in [0, 0.1) is 5.92 Å². The molecule has 1 aliphatic heterocycles. The fourth-order valence-electron chi connectivity index (χ4n) is 3.31. The number of halogens is 3. The molecule has 3 nitrogen and oxygen atoms in total. The molecular weight excluding hydrogens is 355 g/mol. The number of carbonyl (C=O) groups is 1. The molecule has 1 heterocycles. The quantitative estimate of drug-likeness (QED) is 0.757. The zero-order valence-electron chi connectivity index (χ0n) is 15.1. The molecule has 2 atom stereocenters. The molecule has 2 aromatic rings. The van der Waals surface area contributed by atoms with Gasteiger partial charge in [0.25, 0.3) is 5.91 Å². The van der Waals surface area contributed by atoms with E-state index < -0.39 is 24.1 Å². The summed E-state index contributed by atoms with van der Waals surface area (Å²) in [6.45, 7) is 1.62. The average Bonchev–Trinajstić information content (AvgIpc) is 2.68. The number of amides is 1. The summed E-state index contributed by atoms with van der Waals surface area (Å²) < 4.78 is 44.5. The van der Waals surface area contributed by atoms with Crippen LogP contribution >= 0.6 is 0 Å². The first-order chi connectivity index (χ1) is 12.8. The van der Waals surface area contributed by atoms with Gasteiger partial charge in [0.15, 0.2) is 6.10 Å². The number of alkyl halides is 3. The van der Waals surface area contributed by atoms with Crippen LogP contribution in [0.25, 0.3) is 11.1 Å². The minimum atomic E-state index is -4.27. The predicted molar refractivity (Wildman–Crippen MR) is 97.3 cm³/mol. The van der Waals surface area contributed by atoms with Crippen LogP contribution < -0.4 is 4.74 Å². The number of rotatable bonds is 4. The number of hydrogen-bond acceptors (Lipinski definition) is 2. The molecule has 2 aromatic carbocycles. The summed E-state index contributed by atoms with van der Waals surface area (Å²) in [4.78, 5) is 13.8. The zero-order valence-corrected chi connectivity index (χ0v) is 15.1. The lowest BCUT2D eigenvalue weighted by molar-refractivity contribution is -0.189. The van der Waals surface area contributed by atoms with Gasteiger partial charge < -0.3 is 9.64 Å². The second kappa shape index (κ2) is 8.03. The Morgan fingerprint density at radius 1 is 1.07 bits per heavy atom. The van der Waals surface area contributed by atoms with Crippen LogP contribution in [0.2, 0.25) is 0 Å². The molecule has 0 N–H and O–H groups in total.